The van der Waals surface area contributed by atoms with Gasteiger partial charge in [0.1, 0.15) is 0 Å². The topological polar surface area (TPSA) is 69.6 Å². The average molecular weight is 212 g/mol. The lowest BCUT2D eigenvalue weighted by Crippen LogP contribution is -2.39. The molecule has 1 atom stereocenters. The lowest BCUT2D eigenvalue weighted by atomic mass is 10.1. The van der Waals surface area contributed by atoms with Gasteiger partial charge in [-0.05, 0) is 13.3 Å². The first kappa shape index (κ1) is 11.6. The van der Waals surface area contributed by atoms with Crippen molar-refractivity contribution in [2.45, 2.75) is 13.3 Å². The number of nitrogens with one attached hydrogen (secondary N) is 1. The molecule has 5 nitrogen and oxygen atoms in total. The molecular weight excluding hydrogens is 196 g/mol. The Morgan fingerprint density at radius 1 is 1.60 bits per heavy atom. The van der Waals surface area contributed by atoms with Crippen molar-refractivity contribution in [1.29, 1.82) is 0 Å². The normalized spacial score (nSPS) is 20.1. The fraction of sp³-hybridized carbons (Fsp3) is 0.600. The number of carboxylic acid groups (broad SMARTS) is 1. The molecule has 0 radical (unpaired) electrons. The molecule has 1 unspecified atom stereocenters. The molecule has 0 aromatic rings. The van der Waals surface area contributed by atoms with E-state index in [4.69, 9.17) is 5.11 Å². The second kappa shape index (κ2) is 4.82. The van der Waals surface area contributed by atoms with Crippen molar-refractivity contribution in [2.75, 3.05) is 19.6 Å². The summed E-state index contributed by atoms with van der Waals surface area (Å²) in [6.07, 6.45) is 0.538. The molecule has 1 rings (SSSR count). The Morgan fingerprint density at radius 3 is 2.73 bits per heavy atom. The minimum absolute atomic E-state index is 0.207. The Balaban J connectivity index is 2.36. The van der Waals surface area contributed by atoms with Crippen molar-refractivity contribution in [3.05, 3.63) is 12.2 Å². The van der Waals surface area contributed by atoms with E-state index >= 15 is 0 Å². The Morgan fingerprint density at radius 2 is 2.27 bits per heavy atom. The first-order valence-electron chi connectivity index (χ1n) is 4.90. The van der Waals surface area contributed by atoms with Gasteiger partial charge in [0, 0.05) is 19.6 Å². The van der Waals surface area contributed by atoms with Crippen molar-refractivity contribution in [2.24, 2.45) is 5.92 Å². The smallest absolute Gasteiger partial charge is 0.317 e. The fourth-order valence-corrected chi connectivity index (χ4v) is 1.48. The molecule has 0 saturated carbocycles. The summed E-state index contributed by atoms with van der Waals surface area (Å²) in [6, 6.07) is -0.207. The second-order valence-corrected chi connectivity index (χ2v) is 3.89. The van der Waals surface area contributed by atoms with Crippen LogP contribution in [0.4, 0.5) is 4.79 Å². The van der Waals surface area contributed by atoms with Crippen LogP contribution in [-0.2, 0) is 4.79 Å². The van der Waals surface area contributed by atoms with Gasteiger partial charge in [-0.3, -0.25) is 4.79 Å². The quantitative estimate of drug-likeness (QED) is 0.676. The summed E-state index contributed by atoms with van der Waals surface area (Å²) in [6.45, 7) is 6.75. The molecule has 0 aromatic heterocycles. The number of rotatable bonds is 3. The summed E-state index contributed by atoms with van der Waals surface area (Å²) in [7, 11) is 0. The molecule has 0 aliphatic carbocycles. The highest BCUT2D eigenvalue weighted by Gasteiger charge is 2.30. The van der Waals surface area contributed by atoms with E-state index < -0.39 is 11.9 Å². The predicted molar refractivity (Wildman–Crippen MR) is 55.5 cm³/mol. The molecule has 0 aromatic carbocycles. The van der Waals surface area contributed by atoms with Crippen molar-refractivity contribution >= 4 is 12.0 Å². The maximum atomic E-state index is 11.5. The molecule has 0 spiro atoms. The third-order valence-electron chi connectivity index (χ3n) is 2.37. The van der Waals surface area contributed by atoms with Crippen molar-refractivity contribution in [3.63, 3.8) is 0 Å². The highest BCUT2D eigenvalue weighted by Crippen LogP contribution is 2.15. The first-order valence-corrected chi connectivity index (χ1v) is 4.90. The van der Waals surface area contributed by atoms with Crippen LogP contribution in [0.25, 0.3) is 0 Å². The third kappa shape index (κ3) is 3.27. The number of amides is 2. The second-order valence-electron chi connectivity index (χ2n) is 3.89. The van der Waals surface area contributed by atoms with Gasteiger partial charge in [-0.1, -0.05) is 12.2 Å². The van der Waals surface area contributed by atoms with E-state index in [9.17, 15) is 9.59 Å². The average Bonchev–Trinajstić information content (AvgIpc) is 2.62. The molecule has 0 bridgehead atoms. The summed E-state index contributed by atoms with van der Waals surface area (Å²) in [4.78, 5) is 23.7. The van der Waals surface area contributed by atoms with Gasteiger partial charge < -0.3 is 15.3 Å². The minimum atomic E-state index is -0.829. The lowest BCUT2D eigenvalue weighted by Gasteiger charge is -2.16. The van der Waals surface area contributed by atoms with Crippen LogP contribution in [0.2, 0.25) is 0 Å². The Bertz CT molecular complexity index is 288. The molecule has 15 heavy (non-hydrogen) atoms. The van der Waals surface area contributed by atoms with Gasteiger partial charge in [-0.15, -0.1) is 0 Å². The van der Waals surface area contributed by atoms with E-state index in [1.165, 1.54) is 4.90 Å². The third-order valence-corrected chi connectivity index (χ3v) is 2.37. The van der Waals surface area contributed by atoms with Crippen LogP contribution >= 0.6 is 0 Å². The number of hydrogen-bond donors (Lipinski definition) is 2. The Labute approximate surface area is 88.8 Å². The SMILES string of the molecule is C=C(C)CNC(=O)N1CCC(C(=O)O)C1. The van der Waals surface area contributed by atoms with Gasteiger partial charge >= 0.3 is 12.0 Å². The van der Waals surface area contributed by atoms with E-state index in [1.54, 1.807) is 0 Å². The molecule has 1 heterocycles. The van der Waals surface area contributed by atoms with Crippen molar-refractivity contribution < 1.29 is 14.7 Å². The van der Waals surface area contributed by atoms with Crippen LogP contribution in [0.5, 0.6) is 0 Å². The van der Waals surface area contributed by atoms with Gasteiger partial charge in [0.15, 0.2) is 0 Å². The summed E-state index contributed by atoms with van der Waals surface area (Å²) in [5.74, 6) is -1.24. The standard InChI is InChI=1S/C10H16N2O3/c1-7(2)5-11-10(15)12-4-3-8(6-12)9(13)14/h8H,1,3-6H2,2H3,(H,11,15)(H,13,14). The lowest BCUT2D eigenvalue weighted by molar-refractivity contribution is -0.141. The number of likely N-dealkylation sites (tertiary alicyclic amines) is 1. The summed E-state index contributed by atoms with van der Waals surface area (Å²) >= 11 is 0. The van der Waals surface area contributed by atoms with Crippen LogP contribution in [0.1, 0.15) is 13.3 Å². The number of nitrogens with zero attached hydrogens (tertiary/aromatic N) is 1. The zero-order valence-electron chi connectivity index (χ0n) is 8.82. The number of carbonyl (C=O) groups excluding carboxylic acids is 1. The molecule has 1 fully saturated rings. The van der Waals surface area contributed by atoms with Gasteiger partial charge in [-0.2, -0.15) is 0 Å². The number of aliphatic carboxylic acids is 1. The number of hydrogen-bond acceptors (Lipinski definition) is 2. The van der Waals surface area contributed by atoms with Gasteiger partial charge in [0.05, 0.1) is 5.92 Å². The monoisotopic (exact) mass is 212 g/mol. The maximum absolute atomic E-state index is 11.5. The summed E-state index contributed by atoms with van der Waals surface area (Å²) in [5, 5.41) is 11.4. The summed E-state index contributed by atoms with van der Waals surface area (Å²) < 4.78 is 0. The summed E-state index contributed by atoms with van der Waals surface area (Å²) in [5.41, 5.74) is 0.873. The number of urea groups is 1. The van der Waals surface area contributed by atoms with Crippen LogP contribution in [0, 0.1) is 5.92 Å². The van der Waals surface area contributed by atoms with E-state index in [0.29, 0.717) is 26.1 Å². The molecule has 1 saturated heterocycles. The van der Waals surface area contributed by atoms with Gasteiger partial charge in [0.25, 0.3) is 0 Å². The predicted octanol–water partition coefficient (Wildman–Crippen LogP) is 0.679. The largest absolute Gasteiger partial charge is 0.481 e. The van der Waals surface area contributed by atoms with E-state index in [1.807, 2.05) is 6.92 Å². The van der Waals surface area contributed by atoms with E-state index in [0.717, 1.165) is 5.57 Å². The van der Waals surface area contributed by atoms with Crippen LogP contribution in [0.3, 0.4) is 0 Å². The zero-order valence-corrected chi connectivity index (χ0v) is 8.82. The Kier molecular flexibility index (Phi) is 3.71. The van der Waals surface area contributed by atoms with Gasteiger partial charge in [0.2, 0.25) is 0 Å². The van der Waals surface area contributed by atoms with Crippen molar-refractivity contribution in [1.82, 2.24) is 10.2 Å². The van der Waals surface area contributed by atoms with Gasteiger partial charge in [-0.25, -0.2) is 4.79 Å². The number of carbonyl (C=O) groups is 2. The van der Waals surface area contributed by atoms with E-state index in [-0.39, 0.29) is 6.03 Å². The van der Waals surface area contributed by atoms with E-state index in [2.05, 4.69) is 11.9 Å². The highest BCUT2D eigenvalue weighted by molar-refractivity contribution is 5.77. The maximum Gasteiger partial charge on any atom is 0.317 e. The zero-order chi connectivity index (χ0) is 11.4. The molecule has 5 heteroatoms. The Hall–Kier alpha value is -1.52. The molecule has 84 valence electrons. The highest BCUT2D eigenvalue weighted by atomic mass is 16.4. The van der Waals surface area contributed by atoms with Crippen LogP contribution in [-0.4, -0.2) is 41.6 Å². The molecule has 1 aliphatic heterocycles. The first-order chi connectivity index (χ1) is 7.00. The fourth-order valence-electron chi connectivity index (χ4n) is 1.48. The molecule has 2 N–H and O–H groups in total. The molecule has 2 amide bonds. The minimum Gasteiger partial charge on any atom is -0.481 e. The van der Waals surface area contributed by atoms with Crippen LogP contribution < -0.4 is 5.32 Å². The molecular formula is C10H16N2O3. The molecule has 1 aliphatic rings. The van der Waals surface area contributed by atoms with Crippen LogP contribution in [0.15, 0.2) is 12.2 Å². The van der Waals surface area contributed by atoms with Crippen molar-refractivity contribution in [3.8, 4) is 0 Å². The number of carboxylic acids is 1.